The zero-order valence-electron chi connectivity index (χ0n) is 18.0. The smallest absolute Gasteiger partial charge is 0.270 e. The standard InChI is InChI=1S/C26H24N2O3S/c1-4-16-28-23-13-9-8-12-21(23)24(20-10-6-5-7-11-20)25(32(28,30)31)26(29)27-22-17-18(2)14-15-19(22)3/h4-15,17H,1,16H2,2-3H3,(H,27,29). The predicted octanol–water partition coefficient (Wildman–Crippen LogP) is 5.04. The fourth-order valence-electron chi connectivity index (χ4n) is 3.88. The van der Waals surface area contributed by atoms with Crippen LogP contribution in [-0.4, -0.2) is 20.9 Å². The molecule has 0 aliphatic carbocycles. The molecule has 5 nitrogen and oxygen atoms in total. The Balaban J connectivity index is 1.99. The van der Waals surface area contributed by atoms with Gasteiger partial charge >= 0.3 is 0 Å². The molecule has 1 heterocycles. The van der Waals surface area contributed by atoms with E-state index in [4.69, 9.17) is 0 Å². The minimum absolute atomic E-state index is 0.0572. The van der Waals surface area contributed by atoms with Gasteiger partial charge in [0.15, 0.2) is 4.91 Å². The molecule has 0 saturated carbocycles. The quantitative estimate of drug-likeness (QED) is 0.561. The molecule has 0 saturated heterocycles. The molecule has 0 atom stereocenters. The van der Waals surface area contributed by atoms with Crippen LogP contribution < -0.4 is 9.62 Å². The van der Waals surface area contributed by atoms with Crippen LogP contribution in [0.15, 0.2) is 90.4 Å². The number of carbonyl (C=O) groups excluding carboxylic acids is 1. The van der Waals surface area contributed by atoms with Gasteiger partial charge in [0.1, 0.15) is 0 Å². The van der Waals surface area contributed by atoms with Crippen molar-refractivity contribution in [2.24, 2.45) is 0 Å². The van der Waals surface area contributed by atoms with E-state index in [1.165, 1.54) is 10.4 Å². The van der Waals surface area contributed by atoms with Gasteiger partial charge in [0.25, 0.3) is 15.9 Å². The summed E-state index contributed by atoms with van der Waals surface area (Å²) < 4.78 is 28.8. The second kappa shape index (κ2) is 8.48. The molecule has 1 N–H and O–H groups in total. The second-order valence-corrected chi connectivity index (χ2v) is 9.48. The van der Waals surface area contributed by atoms with Gasteiger partial charge in [-0.15, -0.1) is 6.58 Å². The first-order valence-electron chi connectivity index (χ1n) is 10.3. The van der Waals surface area contributed by atoms with Crippen LogP contribution in [0.4, 0.5) is 11.4 Å². The van der Waals surface area contributed by atoms with Crippen molar-refractivity contribution in [1.29, 1.82) is 0 Å². The number of benzene rings is 3. The van der Waals surface area contributed by atoms with E-state index >= 15 is 0 Å². The molecule has 0 aromatic heterocycles. The molecule has 1 aliphatic heterocycles. The fraction of sp³-hybridized carbons (Fsp3) is 0.115. The largest absolute Gasteiger partial charge is 0.321 e. The molecule has 3 aromatic rings. The molecule has 32 heavy (non-hydrogen) atoms. The van der Waals surface area contributed by atoms with E-state index in [0.29, 0.717) is 28.1 Å². The lowest BCUT2D eigenvalue weighted by atomic mass is 9.95. The van der Waals surface area contributed by atoms with Crippen molar-refractivity contribution in [3.05, 3.63) is 113 Å². The molecule has 0 radical (unpaired) electrons. The monoisotopic (exact) mass is 444 g/mol. The summed E-state index contributed by atoms with van der Waals surface area (Å²) in [4.78, 5) is 13.3. The van der Waals surface area contributed by atoms with Gasteiger partial charge in [-0.3, -0.25) is 9.10 Å². The van der Waals surface area contributed by atoms with E-state index in [1.807, 2.05) is 74.5 Å². The third kappa shape index (κ3) is 3.74. The SMILES string of the molecule is C=CCN1c2ccccc2C(c2ccccc2)=C(C(=O)Nc2cc(C)ccc2C)S1(=O)=O. The van der Waals surface area contributed by atoms with Gasteiger partial charge in [-0.05, 0) is 42.7 Å². The number of nitrogens with one attached hydrogen (secondary N) is 1. The van der Waals surface area contributed by atoms with Crippen LogP contribution in [0.5, 0.6) is 0 Å². The highest BCUT2D eigenvalue weighted by atomic mass is 32.2. The number of rotatable bonds is 5. The molecule has 1 amide bonds. The zero-order chi connectivity index (χ0) is 22.9. The second-order valence-electron chi connectivity index (χ2n) is 7.68. The van der Waals surface area contributed by atoms with Gasteiger partial charge in [-0.2, -0.15) is 0 Å². The zero-order valence-corrected chi connectivity index (χ0v) is 18.8. The van der Waals surface area contributed by atoms with Crippen molar-refractivity contribution >= 4 is 32.9 Å². The number of nitrogens with zero attached hydrogens (tertiary/aromatic N) is 1. The summed E-state index contributed by atoms with van der Waals surface area (Å²) in [5, 5.41) is 2.84. The number of hydrogen-bond acceptors (Lipinski definition) is 3. The highest BCUT2D eigenvalue weighted by Crippen LogP contribution is 2.43. The van der Waals surface area contributed by atoms with Gasteiger partial charge in [0.2, 0.25) is 0 Å². The maximum Gasteiger partial charge on any atom is 0.270 e. The van der Waals surface area contributed by atoms with Crippen LogP contribution >= 0.6 is 0 Å². The number of sulfonamides is 1. The van der Waals surface area contributed by atoms with E-state index in [0.717, 1.165) is 11.1 Å². The Hall–Kier alpha value is -3.64. The third-order valence-electron chi connectivity index (χ3n) is 5.42. The first kappa shape index (κ1) is 21.6. The van der Waals surface area contributed by atoms with E-state index in [9.17, 15) is 13.2 Å². The van der Waals surface area contributed by atoms with Crippen LogP contribution in [0.25, 0.3) is 5.57 Å². The lowest BCUT2D eigenvalue weighted by Crippen LogP contribution is -2.39. The van der Waals surface area contributed by atoms with Crippen LogP contribution in [-0.2, 0) is 14.8 Å². The molecule has 0 bridgehead atoms. The number of amides is 1. The Bertz CT molecular complexity index is 1340. The van der Waals surface area contributed by atoms with Crippen molar-refractivity contribution in [2.45, 2.75) is 13.8 Å². The Morgan fingerprint density at radius 2 is 1.69 bits per heavy atom. The number of anilines is 2. The van der Waals surface area contributed by atoms with Crippen molar-refractivity contribution in [3.8, 4) is 0 Å². The number of carbonyl (C=O) groups is 1. The maximum absolute atomic E-state index is 13.8. The van der Waals surface area contributed by atoms with Gasteiger partial charge in [-0.25, -0.2) is 8.42 Å². The number of para-hydroxylation sites is 1. The van der Waals surface area contributed by atoms with E-state index in [1.54, 1.807) is 12.1 Å². The summed E-state index contributed by atoms with van der Waals surface area (Å²) in [5.74, 6) is -0.666. The third-order valence-corrected chi connectivity index (χ3v) is 7.25. The average Bonchev–Trinajstić information content (AvgIpc) is 2.78. The summed E-state index contributed by atoms with van der Waals surface area (Å²) in [6.07, 6.45) is 1.52. The molecule has 0 unspecified atom stereocenters. The molecular formula is C26H24N2O3S. The molecule has 162 valence electrons. The average molecular weight is 445 g/mol. The highest BCUT2D eigenvalue weighted by Gasteiger charge is 2.40. The minimum atomic E-state index is -4.15. The Morgan fingerprint density at radius 1 is 1.00 bits per heavy atom. The van der Waals surface area contributed by atoms with Crippen molar-refractivity contribution in [1.82, 2.24) is 0 Å². The molecule has 6 heteroatoms. The van der Waals surface area contributed by atoms with Gasteiger partial charge in [0, 0.05) is 16.8 Å². The number of aryl methyl sites for hydroxylation is 2. The van der Waals surface area contributed by atoms with Crippen molar-refractivity contribution in [3.63, 3.8) is 0 Å². The molecule has 1 aliphatic rings. The number of hydrogen-bond donors (Lipinski definition) is 1. The summed E-state index contributed by atoms with van der Waals surface area (Å²) in [7, 11) is -4.15. The van der Waals surface area contributed by atoms with E-state index < -0.39 is 15.9 Å². The molecule has 0 fully saturated rings. The summed E-state index contributed by atoms with van der Waals surface area (Å²) in [6, 6.07) is 22.0. The summed E-state index contributed by atoms with van der Waals surface area (Å²) in [6.45, 7) is 7.55. The van der Waals surface area contributed by atoms with Crippen LogP contribution in [0.2, 0.25) is 0 Å². The van der Waals surface area contributed by atoms with Crippen LogP contribution in [0.1, 0.15) is 22.3 Å². The van der Waals surface area contributed by atoms with Gasteiger partial charge < -0.3 is 5.32 Å². The predicted molar refractivity (Wildman–Crippen MR) is 130 cm³/mol. The fourth-order valence-corrected chi connectivity index (χ4v) is 5.59. The Morgan fingerprint density at radius 3 is 2.41 bits per heavy atom. The maximum atomic E-state index is 13.8. The molecular weight excluding hydrogens is 420 g/mol. The van der Waals surface area contributed by atoms with E-state index in [-0.39, 0.29) is 11.4 Å². The minimum Gasteiger partial charge on any atom is -0.321 e. The van der Waals surface area contributed by atoms with Gasteiger partial charge in [-0.1, -0.05) is 66.7 Å². The highest BCUT2D eigenvalue weighted by molar-refractivity contribution is 7.97. The summed E-state index contributed by atoms with van der Waals surface area (Å²) in [5.41, 5.74) is 4.66. The van der Waals surface area contributed by atoms with E-state index in [2.05, 4.69) is 11.9 Å². The molecule has 3 aromatic carbocycles. The summed E-state index contributed by atoms with van der Waals surface area (Å²) >= 11 is 0. The van der Waals surface area contributed by atoms with Crippen LogP contribution in [0.3, 0.4) is 0 Å². The lowest BCUT2D eigenvalue weighted by molar-refractivity contribution is -0.112. The van der Waals surface area contributed by atoms with Gasteiger partial charge in [0.05, 0.1) is 12.2 Å². The molecule has 4 rings (SSSR count). The topological polar surface area (TPSA) is 66.5 Å². The van der Waals surface area contributed by atoms with Crippen LogP contribution in [0, 0.1) is 13.8 Å². The first-order valence-corrected chi connectivity index (χ1v) is 11.7. The first-order chi connectivity index (χ1) is 15.3. The molecule has 0 spiro atoms. The Labute approximate surface area is 188 Å². The van der Waals surface area contributed by atoms with Crippen molar-refractivity contribution < 1.29 is 13.2 Å². The Kier molecular flexibility index (Phi) is 5.72. The normalized spacial score (nSPS) is 14.6. The van der Waals surface area contributed by atoms with Crippen molar-refractivity contribution in [2.75, 3.05) is 16.2 Å². The lowest BCUT2D eigenvalue weighted by Gasteiger charge is -2.33. The number of fused-ring (bicyclic) bond motifs is 1.